The predicted octanol–water partition coefficient (Wildman–Crippen LogP) is 5.50. The van der Waals surface area contributed by atoms with Gasteiger partial charge in [0.2, 0.25) is 0 Å². The van der Waals surface area contributed by atoms with Crippen LogP contribution in [-0.4, -0.2) is 22.0 Å². The van der Waals surface area contributed by atoms with Gasteiger partial charge in [-0.05, 0) is 48.6 Å². The molecule has 0 fully saturated rings. The minimum Gasteiger partial charge on any atom is -0.506 e. The Labute approximate surface area is 180 Å². The van der Waals surface area contributed by atoms with E-state index in [0.717, 1.165) is 6.26 Å². The molecule has 31 heavy (non-hydrogen) atoms. The number of fused-ring (bicyclic) bond motifs is 2. The highest BCUT2D eigenvalue weighted by atomic mass is 35.5. The number of hydrogen-bond acceptors (Lipinski definition) is 5. The summed E-state index contributed by atoms with van der Waals surface area (Å²) in [6.07, 6.45) is -4.20. The van der Waals surface area contributed by atoms with Gasteiger partial charge in [-0.15, -0.1) is 0 Å². The smallest absolute Gasteiger partial charge is 0.419 e. The SMILES string of the molecule is CC[C@@H]1C[C@@](O)(C(F)(F)F)[C@@H](Nc2cccc3c(=O)occc23)c2ccc(Cl)c(O)c21. The zero-order valence-electron chi connectivity index (χ0n) is 16.3. The van der Waals surface area contributed by atoms with E-state index in [9.17, 15) is 28.2 Å². The molecule has 0 saturated carbocycles. The number of halogens is 4. The van der Waals surface area contributed by atoms with Crippen molar-refractivity contribution in [2.45, 2.75) is 43.5 Å². The molecule has 3 N–H and O–H groups in total. The average Bonchev–Trinajstić information content (AvgIpc) is 2.72. The van der Waals surface area contributed by atoms with Gasteiger partial charge >= 0.3 is 11.8 Å². The summed E-state index contributed by atoms with van der Waals surface area (Å²) in [5.74, 6) is -1.04. The van der Waals surface area contributed by atoms with Crippen molar-refractivity contribution in [2.24, 2.45) is 0 Å². The average molecular weight is 454 g/mol. The molecule has 0 spiro atoms. The van der Waals surface area contributed by atoms with Gasteiger partial charge in [0.25, 0.3) is 0 Å². The van der Waals surface area contributed by atoms with E-state index < -0.39 is 35.8 Å². The van der Waals surface area contributed by atoms with Crippen molar-refractivity contribution in [1.29, 1.82) is 0 Å². The monoisotopic (exact) mass is 453 g/mol. The molecule has 1 aliphatic rings. The molecule has 9 heteroatoms. The first-order valence-corrected chi connectivity index (χ1v) is 10.0. The maximum Gasteiger partial charge on any atom is 0.419 e. The van der Waals surface area contributed by atoms with E-state index in [1.165, 1.54) is 36.4 Å². The normalized spacial score (nSPS) is 23.5. The second-order valence-electron chi connectivity index (χ2n) is 7.68. The van der Waals surface area contributed by atoms with Crippen molar-refractivity contribution >= 4 is 28.1 Å². The number of anilines is 1. The van der Waals surface area contributed by atoms with Crippen molar-refractivity contribution in [1.82, 2.24) is 0 Å². The van der Waals surface area contributed by atoms with Crippen LogP contribution in [0.5, 0.6) is 5.75 Å². The van der Waals surface area contributed by atoms with Gasteiger partial charge in [-0.1, -0.05) is 30.7 Å². The number of aromatic hydroxyl groups is 1. The van der Waals surface area contributed by atoms with Gasteiger partial charge in [0.15, 0.2) is 5.60 Å². The van der Waals surface area contributed by atoms with Crippen LogP contribution in [-0.2, 0) is 0 Å². The van der Waals surface area contributed by atoms with Crippen LogP contribution >= 0.6 is 11.6 Å². The zero-order valence-corrected chi connectivity index (χ0v) is 17.1. The van der Waals surface area contributed by atoms with E-state index in [1.54, 1.807) is 6.92 Å². The van der Waals surface area contributed by atoms with E-state index in [4.69, 9.17) is 16.0 Å². The lowest BCUT2D eigenvalue weighted by atomic mass is 9.69. The Kier molecular flexibility index (Phi) is 5.18. The third-order valence-electron chi connectivity index (χ3n) is 5.98. The van der Waals surface area contributed by atoms with E-state index in [-0.39, 0.29) is 39.4 Å². The predicted molar refractivity (Wildman–Crippen MR) is 111 cm³/mol. The Bertz CT molecular complexity index is 1210. The van der Waals surface area contributed by atoms with Crippen LogP contribution in [0.1, 0.15) is 42.9 Å². The lowest BCUT2D eigenvalue weighted by Crippen LogP contribution is -2.55. The minimum absolute atomic E-state index is 0.0242. The Hall–Kier alpha value is -2.71. The molecule has 0 bridgehead atoms. The molecule has 0 amide bonds. The molecular weight excluding hydrogens is 435 g/mol. The van der Waals surface area contributed by atoms with Crippen LogP contribution in [0.25, 0.3) is 10.8 Å². The molecule has 0 radical (unpaired) electrons. The standard InChI is InChI=1S/C22H19ClF3NO4/c1-2-11-10-21(30,22(24,25)26)19(14-6-7-15(23)18(28)17(11)14)27-16-5-3-4-13-12(16)8-9-31-20(13)29/h3-9,11,19,27-28,30H,2,10H2,1H3/t11-,19+,21+/m1/s1. The van der Waals surface area contributed by atoms with E-state index in [2.05, 4.69) is 5.32 Å². The third-order valence-corrected chi connectivity index (χ3v) is 6.28. The minimum atomic E-state index is -4.96. The summed E-state index contributed by atoms with van der Waals surface area (Å²) in [5.41, 5.74) is -3.16. The molecule has 1 aliphatic carbocycles. The second-order valence-corrected chi connectivity index (χ2v) is 8.09. The van der Waals surface area contributed by atoms with E-state index >= 15 is 0 Å². The highest BCUT2D eigenvalue weighted by Gasteiger charge is 2.62. The van der Waals surface area contributed by atoms with Crippen molar-refractivity contribution in [2.75, 3.05) is 5.32 Å². The van der Waals surface area contributed by atoms with Crippen molar-refractivity contribution in [3.63, 3.8) is 0 Å². The summed E-state index contributed by atoms with van der Waals surface area (Å²) in [7, 11) is 0. The number of nitrogens with one attached hydrogen (secondary N) is 1. The molecule has 2 aromatic carbocycles. The van der Waals surface area contributed by atoms with Crippen molar-refractivity contribution < 1.29 is 27.8 Å². The summed E-state index contributed by atoms with van der Waals surface area (Å²) in [5, 5.41) is 24.9. The van der Waals surface area contributed by atoms with Gasteiger partial charge in [0.05, 0.1) is 22.7 Å². The highest BCUT2D eigenvalue weighted by molar-refractivity contribution is 6.32. The maximum absolute atomic E-state index is 14.2. The number of phenolic OH excluding ortho intramolecular Hbond substituents is 1. The topological polar surface area (TPSA) is 82.7 Å². The van der Waals surface area contributed by atoms with Crippen LogP contribution in [0.4, 0.5) is 18.9 Å². The van der Waals surface area contributed by atoms with E-state index in [1.807, 2.05) is 0 Å². The maximum atomic E-state index is 14.2. The summed E-state index contributed by atoms with van der Waals surface area (Å²) >= 11 is 6.03. The van der Waals surface area contributed by atoms with Gasteiger partial charge in [-0.25, -0.2) is 4.79 Å². The molecule has 0 unspecified atom stereocenters. The molecule has 4 rings (SSSR count). The zero-order chi connectivity index (χ0) is 22.6. The van der Waals surface area contributed by atoms with Crippen LogP contribution in [0, 0.1) is 0 Å². The first kappa shape index (κ1) is 21.5. The Morgan fingerprint density at radius 1 is 1.23 bits per heavy atom. The molecule has 1 aromatic heterocycles. The van der Waals surface area contributed by atoms with Gasteiger partial charge in [0, 0.05) is 16.6 Å². The summed E-state index contributed by atoms with van der Waals surface area (Å²) in [4.78, 5) is 12.0. The fourth-order valence-corrected chi connectivity index (χ4v) is 4.55. The van der Waals surface area contributed by atoms with Crippen LogP contribution in [0.2, 0.25) is 5.02 Å². The summed E-state index contributed by atoms with van der Waals surface area (Å²) in [6, 6.07) is 7.02. The third kappa shape index (κ3) is 3.34. The van der Waals surface area contributed by atoms with Crippen LogP contribution in [0.3, 0.4) is 0 Å². The molecular formula is C22H19ClF3NO4. The molecule has 0 saturated heterocycles. The van der Waals surface area contributed by atoms with Crippen LogP contribution < -0.4 is 10.9 Å². The van der Waals surface area contributed by atoms with Crippen molar-refractivity contribution in [3.8, 4) is 5.75 Å². The lowest BCUT2D eigenvalue weighted by Gasteiger charge is -2.46. The lowest BCUT2D eigenvalue weighted by molar-refractivity contribution is -0.272. The first-order chi connectivity index (χ1) is 14.6. The number of benzene rings is 2. The molecule has 5 nitrogen and oxygen atoms in total. The molecule has 164 valence electrons. The summed E-state index contributed by atoms with van der Waals surface area (Å²) in [6.45, 7) is 1.68. The molecule has 1 heterocycles. The number of rotatable bonds is 3. The summed E-state index contributed by atoms with van der Waals surface area (Å²) < 4.78 is 47.4. The quantitative estimate of drug-likeness (QED) is 0.488. The fraction of sp³-hybridized carbons (Fsp3) is 0.318. The number of hydrogen-bond donors (Lipinski definition) is 3. The van der Waals surface area contributed by atoms with Gasteiger partial charge in [-0.2, -0.15) is 13.2 Å². The molecule has 3 aromatic rings. The Morgan fingerprint density at radius 3 is 2.65 bits per heavy atom. The highest BCUT2D eigenvalue weighted by Crippen LogP contribution is 2.56. The number of phenols is 1. The Balaban J connectivity index is 1.95. The number of alkyl halides is 3. The van der Waals surface area contributed by atoms with Gasteiger partial charge in [0.1, 0.15) is 5.75 Å². The number of aliphatic hydroxyl groups is 1. The van der Waals surface area contributed by atoms with Gasteiger partial charge < -0.3 is 19.9 Å². The van der Waals surface area contributed by atoms with Crippen molar-refractivity contribution in [3.05, 3.63) is 69.2 Å². The molecule has 0 aliphatic heterocycles. The Morgan fingerprint density at radius 2 is 1.97 bits per heavy atom. The molecule has 3 atom stereocenters. The first-order valence-electron chi connectivity index (χ1n) is 9.66. The van der Waals surface area contributed by atoms with E-state index in [0.29, 0.717) is 5.39 Å². The fourth-order valence-electron chi connectivity index (χ4n) is 4.39. The largest absolute Gasteiger partial charge is 0.506 e. The second kappa shape index (κ2) is 7.46. The van der Waals surface area contributed by atoms with Gasteiger partial charge in [-0.3, -0.25) is 0 Å². The van der Waals surface area contributed by atoms with Crippen LogP contribution in [0.15, 0.2) is 51.9 Å².